The molecule has 2 aliphatic heterocycles. The molecule has 2 aliphatic rings. The zero-order chi connectivity index (χ0) is 17.9. The van der Waals surface area contributed by atoms with Gasteiger partial charge < -0.3 is 4.74 Å². The van der Waals surface area contributed by atoms with Crippen molar-refractivity contribution in [1.29, 1.82) is 0 Å². The van der Waals surface area contributed by atoms with Crippen LogP contribution in [0.2, 0.25) is 0 Å². The minimum absolute atomic E-state index is 0.0623. The van der Waals surface area contributed by atoms with Crippen LogP contribution in [-0.4, -0.2) is 54.4 Å². The van der Waals surface area contributed by atoms with Crippen LogP contribution in [0, 0.1) is 5.82 Å². The lowest BCUT2D eigenvalue weighted by Crippen LogP contribution is -2.43. The first-order valence-corrected chi connectivity index (χ1v) is 9.57. The van der Waals surface area contributed by atoms with Crippen molar-refractivity contribution < 1.29 is 13.9 Å². The van der Waals surface area contributed by atoms with E-state index in [2.05, 4.69) is 10.0 Å². The molecule has 1 aromatic carbocycles. The first-order chi connectivity index (χ1) is 12.7. The monoisotopic (exact) mass is 373 g/mol. The van der Waals surface area contributed by atoms with Gasteiger partial charge in [-0.15, -0.1) is 11.3 Å². The van der Waals surface area contributed by atoms with E-state index in [4.69, 9.17) is 4.74 Å². The first kappa shape index (κ1) is 17.3. The Morgan fingerprint density at radius 3 is 2.85 bits per heavy atom. The Kier molecular flexibility index (Phi) is 5.10. The van der Waals surface area contributed by atoms with Crippen molar-refractivity contribution in [2.24, 2.45) is 5.10 Å². The van der Waals surface area contributed by atoms with Gasteiger partial charge in [-0.05, 0) is 29.1 Å². The van der Waals surface area contributed by atoms with Crippen LogP contribution in [0.4, 0.5) is 4.39 Å². The lowest BCUT2D eigenvalue weighted by molar-refractivity contribution is -0.135. The molecule has 0 N–H and O–H groups in total. The van der Waals surface area contributed by atoms with Crippen LogP contribution in [0.15, 0.2) is 46.9 Å². The first-order valence-electron chi connectivity index (χ1n) is 8.70. The molecule has 136 valence electrons. The van der Waals surface area contributed by atoms with Gasteiger partial charge in [-0.25, -0.2) is 9.40 Å². The lowest BCUT2D eigenvalue weighted by atomic mass is 10.0. The van der Waals surface area contributed by atoms with Gasteiger partial charge in [-0.1, -0.05) is 18.2 Å². The highest BCUT2D eigenvalue weighted by Crippen LogP contribution is 2.34. The number of thiophene rings is 1. The minimum Gasteiger partial charge on any atom is -0.379 e. The third-order valence-electron chi connectivity index (χ3n) is 4.67. The molecule has 5 nitrogen and oxygen atoms in total. The van der Waals surface area contributed by atoms with Crippen molar-refractivity contribution >= 4 is 23.0 Å². The number of rotatable bonds is 4. The molecule has 1 fully saturated rings. The molecule has 1 saturated heterocycles. The largest absolute Gasteiger partial charge is 0.379 e. The summed E-state index contributed by atoms with van der Waals surface area (Å²) in [5.41, 5.74) is 1.65. The Labute approximate surface area is 155 Å². The molecular formula is C19H20FN3O2S. The summed E-state index contributed by atoms with van der Waals surface area (Å²) in [5.74, 6) is -0.361. The van der Waals surface area contributed by atoms with Gasteiger partial charge in [0, 0.05) is 19.5 Å². The quantitative estimate of drug-likeness (QED) is 0.828. The van der Waals surface area contributed by atoms with E-state index in [0.29, 0.717) is 26.2 Å². The zero-order valence-electron chi connectivity index (χ0n) is 14.3. The summed E-state index contributed by atoms with van der Waals surface area (Å²) in [6, 6.07) is 10.1. The minimum atomic E-state index is -0.298. The molecule has 1 atom stereocenters. The summed E-state index contributed by atoms with van der Waals surface area (Å²) in [6.07, 6.45) is 0.596. The average molecular weight is 373 g/mol. The lowest BCUT2D eigenvalue weighted by Gasteiger charge is -2.29. The van der Waals surface area contributed by atoms with Crippen LogP contribution in [0.5, 0.6) is 0 Å². The number of benzene rings is 1. The Bertz CT molecular complexity index is 803. The highest BCUT2D eigenvalue weighted by Gasteiger charge is 2.34. The fourth-order valence-corrected chi connectivity index (χ4v) is 4.05. The van der Waals surface area contributed by atoms with Crippen molar-refractivity contribution in [3.8, 4) is 0 Å². The van der Waals surface area contributed by atoms with E-state index >= 15 is 0 Å². The van der Waals surface area contributed by atoms with E-state index in [1.165, 1.54) is 12.1 Å². The second-order valence-electron chi connectivity index (χ2n) is 6.43. The van der Waals surface area contributed by atoms with E-state index in [0.717, 1.165) is 29.2 Å². The van der Waals surface area contributed by atoms with Gasteiger partial charge >= 0.3 is 0 Å². The molecule has 0 saturated carbocycles. The molecule has 7 heteroatoms. The smallest absolute Gasteiger partial charge is 0.257 e. The normalized spacial score (nSPS) is 21.0. The van der Waals surface area contributed by atoms with Gasteiger partial charge in [-0.3, -0.25) is 9.69 Å². The number of ether oxygens (including phenoxy) is 1. The summed E-state index contributed by atoms with van der Waals surface area (Å²) in [6.45, 7) is 3.07. The standard InChI is InChI=1S/C19H20FN3O2S/c20-15-4-1-3-14(11-15)17-12-16(18-5-2-10-26-18)21-23(17)19(24)13-22-6-8-25-9-7-22/h1-5,10-11,17H,6-9,12-13H2/t17-/m0/s1. The molecule has 3 heterocycles. The topological polar surface area (TPSA) is 45.1 Å². The number of morpholine rings is 1. The molecule has 0 radical (unpaired) electrons. The predicted molar refractivity (Wildman–Crippen MR) is 98.7 cm³/mol. The van der Waals surface area contributed by atoms with E-state index < -0.39 is 0 Å². The van der Waals surface area contributed by atoms with Crippen LogP contribution >= 0.6 is 11.3 Å². The third-order valence-corrected chi connectivity index (χ3v) is 5.59. The molecule has 0 spiro atoms. The highest BCUT2D eigenvalue weighted by molar-refractivity contribution is 7.12. The Morgan fingerprint density at radius 2 is 2.12 bits per heavy atom. The Balaban J connectivity index is 1.58. The number of halogens is 1. The number of hydrogen-bond acceptors (Lipinski definition) is 5. The summed E-state index contributed by atoms with van der Waals surface area (Å²) >= 11 is 1.60. The van der Waals surface area contributed by atoms with Gasteiger partial charge in [0.1, 0.15) is 5.82 Å². The molecule has 2 aromatic rings. The summed E-state index contributed by atoms with van der Waals surface area (Å²) in [5, 5.41) is 8.15. The van der Waals surface area contributed by atoms with Crippen molar-refractivity contribution in [2.45, 2.75) is 12.5 Å². The average Bonchev–Trinajstić information content (AvgIpc) is 3.32. The van der Waals surface area contributed by atoms with Crippen molar-refractivity contribution in [2.75, 3.05) is 32.8 Å². The third kappa shape index (κ3) is 3.70. The molecule has 4 rings (SSSR count). The fourth-order valence-electron chi connectivity index (χ4n) is 3.33. The summed E-state index contributed by atoms with van der Waals surface area (Å²) < 4.78 is 19.1. The molecule has 0 aliphatic carbocycles. The predicted octanol–water partition coefficient (Wildman–Crippen LogP) is 2.90. The summed E-state index contributed by atoms with van der Waals surface area (Å²) in [4.78, 5) is 16.1. The van der Waals surface area contributed by atoms with Crippen molar-refractivity contribution in [3.05, 3.63) is 58.0 Å². The van der Waals surface area contributed by atoms with Crippen LogP contribution in [0.25, 0.3) is 0 Å². The van der Waals surface area contributed by atoms with Gasteiger partial charge in [0.05, 0.1) is 36.4 Å². The zero-order valence-corrected chi connectivity index (χ0v) is 15.1. The van der Waals surface area contributed by atoms with E-state index in [9.17, 15) is 9.18 Å². The van der Waals surface area contributed by atoms with Crippen LogP contribution in [0.1, 0.15) is 22.9 Å². The number of amides is 1. The maximum atomic E-state index is 13.7. The SMILES string of the molecule is O=C(CN1CCOCC1)N1N=C(c2cccs2)C[C@H]1c1cccc(F)c1. The van der Waals surface area contributed by atoms with E-state index in [1.54, 1.807) is 22.4 Å². The van der Waals surface area contributed by atoms with Gasteiger partial charge in [0.2, 0.25) is 0 Å². The number of hydrogen-bond donors (Lipinski definition) is 0. The van der Waals surface area contributed by atoms with Crippen LogP contribution in [0.3, 0.4) is 0 Å². The maximum absolute atomic E-state index is 13.7. The Hall–Kier alpha value is -2.09. The number of carbonyl (C=O) groups excluding carboxylic acids is 1. The van der Waals surface area contributed by atoms with E-state index in [-0.39, 0.29) is 17.8 Å². The second kappa shape index (κ2) is 7.65. The van der Waals surface area contributed by atoms with Gasteiger partial charge in [0.15, 0.2) is 0 Å². The van der Waals surface area contributed by atoms with Gasteiger partial charge in [0.25, 0.3) is 5.91 Å². The Morgan fingerprint density at radius 1 is 1.27 bits per heavy atom. The maximum Gasteiger partial charge on any atom is 0.257 e. The second-order valence-corrected chi connectivity index (χ2v) is 7.37. The number of nitrogens with zero attached hydrogens (tertiary/aromatic N) is 3. The molecule has 1 amide bonds. The van der Waals surface area contributed by atoms with E-state index in [1.807, 2.05) is 23.6 Å². The number of carbonyl (C=O) groups is 1. The van der Waals surface area contributed by atoms with Crippen LogP contribution < -0.4 is 0 Å². The van der Waals surface area contributed by atoms with Crippen LogP contribution in [-0.2, 0) is 9.53 Å². The van der Waals surface area contributed by atoms with Crippen molar-refractivity contribution in [1.82, 2.24) is 9.91 Å². The molecule has 1 aromatic heterocycles. The molecule has 0 unspecified atom stereocenters. The fraction of sp³-hybridized carbons (Fsp3) is 0.368. The van der Waals surface area contributed by atoms with Crippen molar-refractivity contribution in [3.63, 3.8) is 0 Å². The molecule has 26 heavy (non-hydrogen) atoms. The molecular weight excluding hydrogens is 353 g/mol. The van der Waals surface area contributed by atoms with Gasteiger partial charge in [-0.2, -0.15) is 5.10 Å². The summed E-state index contributed by atoms with van der Waals surface area (Å²) in [7, 11) is 0. The molecule has 0 bridgehead atoms. The number of hydrazone groups is 1. The highest BCUT2D eigenvalue weighted by atomic mass is 32.1.